The molecule has 0 atom stereocenters. The summed E-state index contributed by atoms with van der Waals surface area (Å²) in [5.74, 6) is 1.71. The zero-order valence-corrected chi connectivity index (χ0v) is 14.8. The van der Waals surface area contributed by atoms with Gasteiger partial charge in [0.15, 0.2) is 11.5 Å². The van der Waals surface area contributed by atoms with Crippen LogP contribution in [0, 0.1) is 0 Å². The molecule has 0 unspecified atom stereocenters. The van der Waals surface area contributed by atoms with Gasteiger partial charge >= 0.3 is 0 Å². The second-order valence-electron chi connectivity index (χ2n) is 6.08. The van der Waals surface area contributed by atoms with Crippen LogP contribution in [0.3, 0.4) is 0 Å². The topological polar surface area (TPSA) is 46.3 Å². The summed E-state index contributed by atoms with van der Waals surface area (Å²) < 4.78 is 1.83. The van der Waals surface area contributed by atoms with Crippen LogP contribution >= 0.6 is 22.9 Å². The Bertz CT molecular complexity index is 1060. The Morgan fingerprint density at radius 1 is 1.04 bits per heavy atom. The predicted octanol–water partition coefficient (Wildman–Crippen LogP) is 4.07. The molecule has 1 aromatic carbocycles. The molecule has 0 bridgehead atoms. The maximum Gasteiger partial charge on any atom is 0.186 e. The van der Waals surface area contributed by atoms with Gasteiger partial charge < -0.3 is 4.90 Å². The van der Waals surface area contributed by atoms with Crippen LogP contribution in [0.15, 0.2) is 47.2 Å². The van der Waals surface area contributed by atoms with E-state index < -0.39 is 0 Å². The predicted molar refractivity (Wildman–Crippen MR) is 100 cm³/mol. The summed E-state index contributed by atoms with van der Waals surface area (Å²) in [7, 11) is 0. The lowest BCUT2D eigenvalue weighted by Crippen LogP contribution is -2.31. The van der Waals surface area contributed by atoms with E-state index in [4.69, 9.17) is 16.7 Å². The highest BCUT2D eigenvalue weighted by Gasteiger charge is 2.19. The molecule has 1 aliphatic heterocycles. The van der Waals surface area contributed by atoms with Gasteiger partial charge in [0.25, 0.3) is 0 Å². The first kappa shape index (κ1) is 14.9. The molecule has 3 aromatic heterocycles. The molecule has 0 N–H and O–H groups in total. The summed E-state index contributed by atoms with van der Waals surface area (Å²) in [6, 6.07) is 12.2. The van der Waals surface area contributed by atoms with Crippen LogP contribution < -0.4 is 4.90 Å². The van der Waals surface area contributed by atoms with Crippen LogP contribution in [0.1, 0.15) is 11.1 Å². The highest BCUT2D eigenvalue weighted by molar-refractivity contribution is 7.08. The molecule has 25 heavy (non-hydrogen) atoms. The van der Waals surface area contributed by atoms with Crippen LogP contribution in [0.2, 0.25) is 5.02 Å². The largest absolute Gasteiger partial charge is 0.351 e. The van der Waals surface area contributed by atoms with Crippen LogP contribution in [-0.2, 0) is 13.0 Å². The minimum atomic E-state index is 0.758. The van der Waals surface area contributed by atoms with E-state index in [0.717, 1.165) is 47.4 Å². The summed E-state index contributed by atoms with van der Waals surface area (Å²) in [6.45, 7) is 1.75. The van der Waals surface area contributed by atoms with Gasteiger partial charge in [0.2, 0.25) is 0 Å². The molecule has 1 aliphatic rings. The van der Waals surface area contributed by atoms with Crippen molar-refractivity contribution in [2.75, 3.05) is 11.4 Å². The Morgan fingerprint density at radius 2 is 2.00 bits per heavy atom. The normalized spacial score (nSPS) is 14.0. The lowest BCUT2D eigenvalue weighted by Gasteiger charge is -2.29. The summed E-state index contributed by atoms with van der Waals surface area (Å²) in [4.78, 5) is 2.28. The number of nitrogens with zero attached hydrogens (tertiary/aromatic N) is 5. The second kappa shape index (κ2) is 5.82. The summed E-state index contributed by atoms with van der Waals surface area (Å²) >= 11 is 7.75. The Labute approximate surface area is 153 Å². The summed E-state index contributed by atoms with van der Waals surface area (Å²) in [6.07, 6.45) is 0.967. The molecule has 124 valence electrons. The van der Waals surface area contributed by atoms with E-state index in [9.17, 15) is 0 Å². The number of aromatic nitrogens is 4. The minimum absolute atomic E-state index is 0.758. The Kier molecular flexibility index (Phi) is 3.46. The Morgan fingerprint density at radius 3 is 2.88 bits per heavy atom. The fourth-order valence-electron chi connectivity index (χ4n) is 3.24. The lowest BCUT2D eigenvalue weighted by atomic mass is 10.00. The average molecular weight is 368 g/mol. The third-order valence-corrected chi connectivity index (χ3v) is 5.45. The van der Waals surface area contributed by atoms with E-state index in [2.05, 4.69) is 32.6 Å². The van der Waals surface area contributed by atoms with Crippen molar-refractivity contribution in [2.45, 2.75) is 13.0 Å². The van der Waals surface area contributed by atoms with Crippen molar-refractivity contribution in [3.63, 3.8) is 0 Å². The van der Waals surface area contributed by atoms with E-state index in [1.165, 1.54) is 11.1 Å². The average Bonchev–Trinajstić information content (AvgIpc) is 3.30. The number of benzene rings is 1. The zero-order chi connectivity index (χ0) is 16.8. The maximum absolute atomic E-state index is 6.11. The summed E-state index contributed by atoms with van der Waals surface area (Å²) in [5.41, 5.74) is 4.43. The molecule has 5 nitrogen and oxygen atoms in total. The van der Waals surface area contributed by atoms with Crippen molar-refractivity contribution in [1.82, 2.24) is 19.8 Å². The zero-order valence-electron chi connectivity index (χ0n) is 13.3. The minimum Gasteiger partial charge on any atom is -0.351 e. The Balaban J connectivity index is 1.53. The molecule has 0 fully saturated rings. The van der Waals surface area contributed by atoms with Gasteiger partial charge in [-0.2, -0.15) is 15.9 Å². The van der Waals surface area contributed by atoms with Crippen molar-refractivity contribution in [3.05, 3.63) is 63.3 Å². The van der Waals surface area contributed by atoms with E-state index in [1.54, 1.807) is 11.3 Å². The van der Waals surface area contributed by atoms with Gasteiger partial charge in [0, 0.05) is 29.1 Å². The number of hydrogen-bond acceptors (Lipinski definition) is 5. The van der Waals surface area contributed by atoms with Crippen molar-refractivity contribution >= 4 is 34.4 Å². The number of thiophene rings is 1. The summed E-state index contributed by atoms with van der Waals surface area (Å²) in [5, 5.41) is 18.2. The van der Waals surface area contributed by atoms with Gasteiger partial charge in [-0.1, -0.05) is 17.7 Å². The molecule has 0 aliphatic carbocycles. The number of hydrogen-bond donors (Lipinski definition) is 0. The highest BCUT2D eigenvalue weighted by Crippen LogP contribution is 2.26. The second-order valence-corrected chi connectivity index (χ2v) is 7.30. The van der Waals surface area contributed by atoms with E-state index in [1.807, 2.05) is 34.2 Å². The van der Waals surface area contributed by atoms with Crippen molar-refractivity contribution in [3.8, 4) is 11.4 Å². The van der Waals surface area contributed by atoms with Crippen LogP contribution in [0.25, 0.3) is 17.0 Å². The lowest BCUT2D eigenvalue weighted by molar-refractivity contribution is 0.708. The molecule has 0 amide bonds. The number of rotatable bonds is 2. The smallest absolute Gasteiger partial charge is 0.186 e. The van der Waals surface area contributed by atoms with Gasteiger partial charge in [0.05, 0.1) is 0 Å². The standard InChI is InChI=1S/C18H14ClN5S/c19-15-2-1-13-10-23(7-5-12(13)9-15)17-4-3-16-20-21-18(24(16)22-17)14-6-8-25-11-14/h1-4,6,8-9,11H,5,7,10H2. The maximum atomic E-state index is 6.11. The first-order valence-corrected chi connectivity index (χ1v) is 9.37. The van der Waals surface area contributed by atoms with Gasteiger partial charge in [-0.3, -0.25) is 0 Å². The van der Waals surface area contributed by atoms with Crippen molar-refractivity contribution < 1.29 is 0 Å². The third-order valence-electron chi connectivity index (χ3n) is 4.53. The van der Waals surface area contributed by atoms with Gasteiger partial charge in [0.1, 0.15) is 5.82 Å². The first-order chi connectivity index (χ1) is 12.3. The van der Waals surface area contributed by atoms with Gasteiger partial charge in [-0.25, -0.2) is 0 Å². The van der Waals surface area contributed by atoms with Gasteiger partial charge in [-0.05, 0) is 53.3 Å². The SMILES string of the molecule is Clc1ccc2c(c1)CCN(c1ccc3nnc(-c4ccsc4)n3n1)C2. The van der Waals surface area contributed by atoms with Gasteiger partial charge in [-0.15, -0.1) is 15.3 Å². The van der Waals surface area contributed by atoms with Crippen LogP contribution in [0.5, 0.6) is 0 Å². The molecular weight excluding hydrogens is 354 g/mol. The number of anilines is 1. The van der Waals surface area contributed by atoms with Crippen LogP contribution in [0.4, 0.5) is 5.82 Å². The number of halogens is 1. The quantitative estimate of drug-likeness (QED) is 0.536. The van der Waals surface area contributed by atoms with Crippen molar-refractivity contribution in [2.24, 2.45) is 0 Å². The van der Waals surface area contributed by atoms with Crippen LogP contribution in [-0.4, -0.2) is 26.4 Å². The molecule has 0 saturated carbocycles. The van der Waals surface area contributed by atoms with Crippen molar-refractivity contribution in [1.29, 1.82) is 0 Å². The molecule has 4 aromatic rings. The molecule has 5 rings (SSSR count). The Hall–Kier alpha value is -2.44. The first-order valence-electron chi connectivity index (χ1n) is 8.05. The fraction of sp³-hybridized carbons (Fsp3) is 0.167. The fourth-order valence-corrected chi connectivity index (χ4v) is 4.07. The molecule has 0 saturated heterocycles. The highest BCUT2D eigenvalue weighted by atomic mass is 35.5. The van der Waals surface area contributed by atoms with E-state index >= 15 is 0 Å². The molecule has 0 spiro atoms. The number of fused-ring (bicyclic) bond motifs is 2. The molecule has 4 heterocycles. The molecular formula is C18H14ClN5S. The monoisotopic (exact) mass is 367 g/mol. The molecule has 7 heteroatoms. The van der Waals surface area contributed by atoms with E-state index in [0.29, 0.717) is 0 Å². The van der Waals surface area contributed by atoms with E-state index in [-0.39, 0.29) is 0 Å². The third kappa shape index (κ3) is 2.58. The molecule has 0 radical (unpaired) electrons.